The number of ether oxygens (including phenoxy) is 2. The Morgan fingerprint density at radius 2 is 2.00 bits per heavy atom. The third kappa shape index (κ3) is 4.87. The predicted octanol–water partition coefficient (Wildman–Crippen LogP) is 2.10. The monoisotopic (exact) mass is 409 g/mol. The van der Waals surface area contributed by atoms with Crippen LogP contribution in [0.3, 0.4) is 0 Å². The molecular weight excluding hydrogens is 388 g/mol. The van der Waals surface area contributed by atoms with Crippen molar-refractivity contribution in [2.75, 3.05) is 44.8 Å². The Labute approximate surface area is 167 Å². The smallest absolute Gasteiger partial charge is 0.341 e. The van der Waals surface area contributed by atoms with Gasteiger partial charge in [-0.3, -0.25) is 4.79 Å². The van der Waals surface area contributed by atoms with Gasteiger partial charge in [-0.25, -0.2) is 4.79 Å². The molecule has 8 heteroatoms. The Balaban J connectivity index is 1.85. The van der Waals surface area contributed by atoms with E-state index in [9.17, 15) is 9.59 Å². The molecule has 0 saturated carbocycles. The molecule has 0 aliphatic carbocycles. The second-order valence-corrected chi connectivity index (χ2v) is 7.43. The summed E-state index contributed by atoms with van der Waals surface area (Å²) in [5, 5.41) is 5.73. The summed E-state index contributed by atoms with van der Waals surface area (Å²) in [6.07, 6.45) is 0. The lowest BCUT2D eigenvalue weighted by molar-refractivity contribution is -0.899. The lowest BCUT2D eigenvalue weighted by Gasteiger charge is -2.23. The minimum atomic E-state index is -0.470. The van der Waals surface area contributed by atoms with Crippen molar-refractivity contribution in [1.29, 1.82) is 0 Å². The maximum absolute atomic E-state index is 12.6. The van der Waals surface area contributed by atoms with Crippen LogP contribution in [-0.4, -0.2) is 51.3 Å². The van der Waals surface area contributed by atoms with E-state index in [1.165, 1.54) is 16.2 Å². The lowest BCUT2D eigenvalue weighted by Crippen LogP contribution is -3.15. The number of nitrogens with one attached hydrogen (secondary N) is 2. The molecule has 6 nitrogen and oxygen atoms in total. The number of hydrogen-bond donors (Lipinski definition) is 2. The molecule has 144 valence electrons. The van der Waals surface area contributed by atoms with Crippen LogP contribution < -0.4 is 10.2 Å². The third-order valence-corrected chi connectivity index (χ3v) is 5.52. The number of carbonyl (C=O) groups is 2. The van der Waals surface area contributed by atoms with Crippen molar-refractivity contribution < 1.29 is 24.0 Å². The molecule has 0 unspecified atom stereocenters. The van der Waals surface area contributed by atoms with Gasteiger partial charge >= 0.3 is 5.97 Å². The lowest BCUT2D eigenvalue weighted by atomic mass is 10.0. The van der Waals surface area contributed by atoms with Gasteiger partial charge in [0, 0.05) is 21.5 Å². The maximum Gasteiger partial charge on any atom is 0.341 e. The van der Waals surface area contributed by atoms with Gasteiger partial charge in [0.05, 0.1) is 19.8 Å². The number of quaternary nitrogens is 1. The summed E-state index contributed by atoms with van der Waals surface area (Å²) in [5.41, 5.74) is 1.75. The average molecular weight is 410 g/mol. The molecule has 2 N–H and O–H groups in total. The summed E-state index contributed by atoms with van der Waals surface area (Å²) < 4.78 is 10.5. The van der Waals surface area contributed by atoms with Gasteiger partial charge in [-0.05, 0) is 13.0 Å². The van der Waals surface area contributed by atoms with Crippen molar-refractivity contribution in [2.24, 2.45) is 0 Å². The summed E-state index contributed by atoms with van der Waals surface area (Å²) in [6, 6.07) is 7.30. The van der Waals surface area contributed by atoms with E-state index in [1.54, 1.807) is 13.0 Å². The maximum atomic E-state index is 12.6. The standard InChI is InChI=1S/C19H21ClN2O4S/c1-2-26-19(24)17-14(13-5-3-4-6-15(13)20)12-27-18(17)21-16(23)11-22-7-9-25-10-8-22/h3-6,12H,2,7-11H2,1H3,(H,21,23)/p+1. The highest BCUT2D eigenvalue weighted by Crippen LogP contribution is 2.39. The van der Waals surface area contributed by atoms with Crippen molar-refractivity contribution in [3.8, 4) is 11.1 Å². The molecule has 27 heavy (non-hydrogen) atoms. The Bertz CT molecular complexity index is 818. The normalized spacial score (nSPS) is 14.7. The van der Waals surface area contributed by atoms with Crippen LogP contribution >= 0.6 is 22.9 Å². The van der Waals surface area contributed by atoms with Gasteiger partial charge in [-0.2, -0.15) is 0 Å². The molecule has 1 aromatic carbocycles. The Morgan fingerprint density at radius 3 is 2.70 bits per heavy atom. The first-order chi connectivity index (χ1) is 13.1. The largest absolute Gasteiger partial charge is 0.462 e. The van der Waals surface area contributed by atoms with Crippen LogP contribution in [0.25, 0.3) is 11.1 Å². The minimum absolute atomic E-state index is 0.134. The average Bonchev–Trinajstić information content (AvgIpc) is 3.06. The quantitative estimate of drug-likeness (QED) is 0.717. The summed E-state index contributed by atoms with van der Waals surface area (Å²) in [6.45, 7) is 5.26. The Morgan fingerprint density at radius 1 is 1.26 bits per heavy atom. The first-order valence-corrected chi connectivity index (χ1v) is 10.1. The van der Waals surface area contributed by atoms with E-state index in [1.807, 2.05) is 23.6 Å². The summed E-state index contributed by atoms with van der Waals surface area (Å²) >= 11 is 7.61. The van der Waals surface area contributed by atoms with Crippen LogP contribution in [0.5, 0.6) is 0 Å². The number of carbonyl (C=O) groups excluding carboxylic acids is 2. The molecule has 1 aromatic heterocycles. The summed E-state index contributed by atoms with van der Waals surface area (Å²) in [4.78, 5) is 26.2. The number of hydrogen-bond acceptors (Lipinski definition) is 5. The minimum Gasteiger partial charge on any atom is -0.462 e. The van der Waals surface area contributed by atoms with Gasteiger partial charge in [0.15, 0.2) is 6.54 Å². The van der Waals surface area contributed by atoms with Crippen molar-refractivity contribution in [2.45, 2.75) is 6.92 Å². The molecular formula is C19H22ClN2O4S+. The third-order valence-electron chi connectivity index (χ3n) is 4.30. The fraction of sp³-hybridized carbons (Fsp3) is 0.368. The van der Waals surface area contributed by atoms with Crippen LogP contribution in [0.1, 0.15) is 17.3 Å². The molecule has 1 fully saturated rings. The van der Waals surface area contributed by atoms with E-state index in [4.69, 9.17) is 21.1 Å². The first-order valence-electron chi connectivity index (χ1n) is 8.84. The first kappa shape index (κ1) is 19.8. The number of thiophene rings is 1. The highest BCUT2D eigenvalue weighted by molar-refractivity contribution is 7.15. The Kier molecular flexibility index (Phi) is 6.84. The van der Waals surface area contributed by atoms with E-state index in [0.717, 1.165) is 18.7 Å². The van der Waals surface area contributed by atoms with Crippen LogP contribution in [0.4, 0.5) is 5.00 Å². The zero-order chi connectivity index (χ0) is 19.2. The number of anilines is 1. The molecule has 0 radical (unpaired) electrons. The predicted molar refractivity (Wildman–Crippen MR) is 106 cm³/mol. The second-order valence-electron chi connectivity index (χ2n) is 6.14. The van der Waals surface area contributed by atoms with Crippen LogP contribution in [-0.2, 0) is 14.3 Å². The number of morpholine rings is 1. The molecule has 2 aromatic rings. The topological polar surface area (TPSA) is 69.1 Å². The number of benzene rings is 1. The van der Waals surface area contributed by atoms with E-state index in [-0.39, 0.29) is 12.5 Å². The van der Waals surface area contributed by atoms with Crippen LogP contribution in [0, 0.1) is 0 Å². The van der Waals surface area contributed by atoms with E-state index >= 15 is 0 Å². The van der Waals surface area contributed by atoms with Gasteiger partial charge in [-0.1, -0.05) is 29.8 Å². The van der Waals surface area contributed by atoms with Gasteiger partial charge in [0.25, 0.3) is 5.91 Å². The number of halogens is 1. The summed E-state index contributed by atoms with van der Waals surface area (Å²) in [7, 11) is 0. The molecule has 2 heterocycles. The summed E-state index contributed by atoms with van der Waals surface area (Å²) in [5.74, 6) is -0.604. The fourth-order valence-electron chi connectivity index (χ4n) is 2.97. The molecule has 1 aliphatic rings. The molecule has 1 amide bonds. The van der Waals surface area contributed by atoms with Gasteiger partial charge in [0.1, 0.15) is 23.7 Å². The highest BCUT2D eigenvalue weighted by atomic mass is 35.5. The zero-order valence-corrected chi connectivity index (χ0v) is 16.6. The van der Waals surface area contributed by atoms with E-state index in [0.29, 0.717) is 40.9 Å². The number of amides is 1. The highest BCUT2D eigenvalue weighted by Gasteiger charge is 2.25. The molecule has 0 atom stereocenters. The SMILES string of the molecule is CCOC(=O)c1c(-c2ccccc2Cl)csc1NC(=O)C[NH+]1CCOCC1. The van der Waals surface area contributed by atoms with Crippen molar-refractivity contribution >= 4 is 39.8 Å². The van der Waals surface area contributed by atoms with E-state index in [2.05, 4.69) is 5.32 Å². The molecule has 0 bridgehead atoms. The second kappa shape index (κ2) is 9.32. The molecule has 1 saturated heterocycles. The van der Waals surface area contributed by atoms with Gasteiger partial charge in [0.2, 0.25) is 0 Å². The van der Waals surface area contributed by atoms with Gasteiger partial charge < -0.3 is 19.7 Å². The molecule has 0 spiro atoms. The van der Waals surface area contributed by atoms with Crippen LogP contribution in [0.15, 0.2) is 29.6 Å². The molecule has 3 rings (SSSR count). The molecule has 1 aliphatic heterocycles. The Hall–Kier alpha value is -1.93. The van der Waals surface area contributed by atoms with Crippen molar-refractivity contribution in [1.82, 2.24) is 0 Å². The van der Waals surface area contributed by atoms with Crippen molar-refractivity contribution in [3.63, 3.8) is 0 Å². The van der Waals surface area contributed by atoms with Gasteiger partial charge in [-0.15, -0.1) is 11.3 Å². The fourth-order valence-corrected chi connectivity index (χ4v) is 4.17. The number of esters is 1. The number of rotatable bonds is 6. The zero-order valence-electron chi connectivity index (χ0n) is 15.0. The van der Waals surface area contributed by atoms with Crippen molar-refractivity contribution in [3.05, 3.63) is 40.2 Å². The van der Waals surface area contributed by atoms with Crippen LogP contribution in [0.2, 0.25) is 5.02 Å². The van der Waals surface area contributed by atoms with E-state index < -0.39 is 5.97 Å².